The van der Waals surface area contributed by atoms with Crippen LogP contribution in [0.1, 0.15) is 36.9 Å². The van der Waals surface area contributed by atoms with Crippen molar-refractivity contribution in [3.8, 4) is 0 Å². The minimum Gasteiger partial charge on any atom is -0.212 e. The van der Waals surface area contributed by atoms with Crippen LogP contribution in [0.2, 0.25) is 0 Å². The summed E-state index contributed by atoms with van der Waals surface area (Å²) >= 11 is 0. The molecule has 2 aromatic carbocycles. The Balaban J connectivity index is 2.09. The Bertz CT molecular complexity index is 1120. The topological polar surface area (TPSA) is 46.2 Å². The molecule has 124 valence electrons. The van der Waals surface area contributed by atoms with Gasteiger partial charge in [-0.1, -0.05) is 48.6 Å². The maximum Gasteiger partial charge on any atom is 0.212 e. The third kappa shape index (κ3) is 2.60. The highest BCUT2D eigenvalue weighted by Gasteiger charge is 2.23. The number of sulfonamides is 1. The number of hydrogen-bond donors (Lipinski definition) is 1. The lowest BCUT2D eigenvalue weighted by Crippen LogP contribution is -2.34. The van der Waals surface area contributed by atoms with Gasteiger partial charge in [0.1, 0.15) is 0 Å². The molecule has 24 heavy (non-hydrogen) atoms. The van der Waals surface area contributed by atoms with Crippen molar-refractivity contribution in [2.24, 2.45) is 0 Å². The first-order chi connectivity index (χ1) is 11.6. The van der Waals surface area contributed by atoms with E-state index >= 15 is 0 Å². The molecule has 2 aliphatic rings. The summed E-state index contributed by atoms with van der Waals surface area (Å²) in [5.41, 5.74) is 2.44. The first-order valence-electron chi connectivity index (χ1n) is 8.52. The summed E-state index contributed by atoms with van der Waals surface area (Å²) in [6, 6.07) is 12.2. The zero-order valence-corrected chi connectivity index (χ0v) is 14.6. The standard InChI is InChI=1S/C20H21NO2S/c1-2-24(22,23)21-19-13-15-8-4-5-9-16(15)18-12-11-14-7-3-6-10-17(14)20(18)19/h4-5,7-9,11-13,19,21H,2-3,6,10H2,1H3. The predicted molar refractivity (Wildman–Crippen MR) is 97.0 cm³/mol. The Morgan fingerprint density at radius 3 is 2.75 bits per heavy atom. The lowest BCUT2D eigenvalue weighted by atomic mass is 9.87. The van der Waals surface area contributed by atoms with Crippen molar-refractivity contribution in [3.05, 3.63) is 68.4 Å². The summed E-state index contributed by atoms with van der Waals surface area (Å²) in [5.74, 6) is 0.0927. The molecule has 0 heterocycles. The molecule has 0 fully saturated rings. The van der Waals surface area contributed by atoms with Crippen LogP contribution in [0, 0.1) is 10.4 Å². The fourth-order valence-corrected chi connectivity index (χ4v) is 4.54. The SMILES string of the molecule is CCS(=O)(=O)NC1C=c2ccccc2=c2ccc3c(c21)CCCC=3. The molecular formula is C20H21NO2S. The van der Waals surface area contributed by atoms with E-state index in [0.29, 0.717) is 0 Å². The summed E-state index contributed by atoms with van der Waals surface area (Å²) in [5, 5.41) is 4.70. The van der Waals surface area contributed by atoms with Gasteiger partial charge < -0.3 is 0 Å². The van der Waals surface area contributed by atoms with E-state index < -0.39 is 10.0 Å². The van der Waals surface area contributed by atoms with Gasteiger partial charge in [-0.05, 0) is 58.2 Å². The maximum absolute atomic E-state index is 12.2. The molecule has 0 aromatic heterocycles. The fourth-order valence-electron chi connectivity index (χ4n) is 3.80. The van der Waals surface area contributed by atoms with Crippen molar-refractivity contribution in [1.82, 2.24) is 4.72 Å². The summed E-state index contributed by atoms with van der Waals surface area (Å²) < 4.78 is 27.3. The van der Waals surface area contributed by atoms with Gasteiger partial charge >= 0.3 is 0 Å². The number of rotatable bonds is 3. The Labute approximate surface area is 142 Å². The Morgan fingerprint density at radius 1 is 1.08 bits per heavy atom. The van der Waals surface area contributed by atoms with Gasteiger partial charge in [0, 0.05) is 0 Å². The first kappa shape index (κ1) is 15.6. The van der Waals surface area contributed by atoms with E-state index in [1.807, 2.05) is 12.1 Å². The van der Waals surface area contributed by atoms with Crippen molar-refractivity contribution < 1.29 is 8.42 Å². The zero-order chi connectivity index (χ0) is 16.7. The van der Waals surface area contributed by atoms with Gasteiger partial charge in [0.25, 0.3) is 0 Å². The lowest BCUT2D eigenvalue weighted by Gasteiger charge is -2.24. The minimum absolute atomic E-state index is 0.0927. The van der Waals surface area contributed by atoms with Crippen LogP contribution in [0.5, 0.6) is 0 Å². The summed E-state index contributed by atoms with van der Waals surface area (Å²) in [7, 11) is -3.28. The lowest BCUT2D eigenvalue weighted by molar-refractivity contribution is 0.577. The third-order valence-electron chi connectivity index (χ3n) is 4.98. The second-order valence-corrected chi connectivity index (χ2v) is 8.49. The van der Waals surface area contributed by atoms with Crippen LogP contribution in [0.3, 0.4) is 0 Å². The van der Waals surface area contributed by atoms with Gasteiger partial charge in [-0.3, -0.25) is 0 Å². The Morgan fingerprint density at radius 2 is 1.92 bits per heavy atom. The van der Waals surface area contributed by atoms with E-state index in [4.69, 9.17) is 0 Å². The van der Waals surface area contributed by atoms with Crippen molar-refractivity contribution >= 4 is 22.2 Å². The van der Waals surface area contributed by atoms with Crippen LogP contribution >= 0.6 is 0 Å². The minimum atomic E-state index is -3.28. The monoisotopic (exact) mass is 339 g/mol. The number of nitrogens with one attached hydrogen (secondary N) is 1. The smallest absolute Gasteiger partial charge is 0.212 e. The highest BCUT2D eigenvalue weighted by atomic mass is 32.2. The molecular weight excluding hydrogens is 318 g/mol. The van der Waals surface area contributed by atoms with Crippen molar-refractivity contribution in [2.45, 2.75) is 32.2 Å². The van der Waals surface area contributed by atoms with Crippen molar-refractivity contribution in [2.75, 3.05) is 5.75 Å². The molecule has 0 spiro atoms. The zero-order valence-electron chi connectivity index (χ0n) is 13.7. The highest BCUT2D eigenvalue weighted by molar-refractivity contribution is 7.89. The average Bonchev–Trinajstić information content (AvgIpc) is 2.61. The second-order valence-electron chi connectivity index (χ2n) is 6.44. The summed E-state index contributed by atoms with van der Waals surface area (Å²) in [6.45, 7) is 1.67. The first-order valence-corrected chi connectivity index (χ1v) is 10.2. The van der Waals surface area contributed by atoms with Crippen molar-refractivity contribution in [3.63, 3.8) is 0 Å². The molecule has 4 heteroatoms. The van der Waals surface area contributed by atoms with Gasteiger partial charge in [0.05, 0.1) is 11.8 Å². The van der Waals surface area contributed by atoms with E-state index in [2.05, 4.69) is 41.1 Å². The van der Waals surface area contributed by atoms with E-state index in [1.165, 1.54) is 16.0 Å². The van der Waals surface area contributed by atoms with Crippen LogP contribution < -0.4 is 15.2 Å². The van der Waals surface area contributed by atoms with Crippen LogP contribution in [-0.2, 0) is 16.4 Å². The van der Waals surface area contributed by atoms with E-state index in [0.717, 1.165) is 35.3 Å². The van der Waals surface area contributed by atoms with Gasteiger partial charge in [0.2, 0.25) is 10.0 Å². The molecule has 0 saturated heterocycles. The highest BCUT2D eigenvalue weighted by Crippen LogP contribution is 2.25. The molecule has 0 aliphatic heterocycles. The molecule has 0 bridgehead atoms. The molecule has 1 N–H and O–H groups in total. The van der Waals surface area contributed by atoms with E-state index in [1.54, 1.807) is 6.92 Å². The average molecular weight is 339 g/mol. The molecule has 2 aromatic rings. The molecule has 0 saturated carbocycles. The summed E-state index contributed by atoms with van der Waals surface area (Å²) in [6.07, 6.45) is 7.55. The van der Waals surface area contributed by atoms with Gasteiger partial charge in [-0.15, -0.1) is 0 Å². The molecule has 2 aliphatic carbocycles. The van der Waals surface area contributed by atoms with E-state index in [-0.39, 0.29) is 11.8 Å². The van der Waals surface area contributed by atoms with Gasteiger partial charge in [-0.2, -0.15) is 0 Å². The Kier molecular flexibility index (Phi) is 3.82. The van der Waals surface area contributed by atoms with Crippen LogP contribution in [0.4, 0.5) is 0 Å². The number of benzene rings is 2. The normalized spacial score (nSPS) is 18.6. The number of hydrogen-bond acceptors (Lipinski definition) is 2. The van der Waals surface area contributed by atoms with Gasteiger partial charge in [0.15, 0.2) is 0 Å². The maximum atomic E-state index is 12.2. The van der Waals surface area contributed by atoms with Crippen molar-refractivity contribution in [1.29, 1.82) is 0 Å². The quantitative estimate of drug-likeness (QED) is 0.928. The predicted octanol–water partition coefficient (Wildman–Crippen LogP) is 1.86. The van der Waals surface area contributed by atoms with Crippen LogP contribution in [0.15, 0.2) is 36.4 Å². The second kappa shape index (κ2) is 5.87. The summed E-state index contributed by atoms with van der Waals surface area (Å²) in [4.78, 5) is 0. The molecule has 1 unspecified atom stereocenters. The van der Waals surface area contributed by atoms with Gasteiger partial charge in [-0.25, -0.2) is 13.1 Å². The molecule has 4 rings (SSSR count). The van der Waals surface area contributed by atoms with E-state index in [9.17, 15) is 8.42 Å². The fraction of sp³-hybridized carbons (Fsp3) is 0.300. The Hall–Kier alpha value is -1.91. The molecule has 3 nitrogen and oxygen atoms in total. The van der Waals surface area contributed by atoms with Crippen LogP contribution in [-0.4, -0.2) is 14.2 Å². The molecule has 0 radical (unpaired) electrons. The van der Waals surface area contributed by atoms with Crippen LogP contribution in [0.25, 0.3) is 12.2 Å². The largest absolute Gasteiger partial charge is 0.212 e. The third-order valence-corrected chi connectivity index (χ3v) is 6.36. The molecule has 1 atom stereocenters. The molecule has 0 amide bonds. The number of fused-ring (bicyclic) bond motifs is 4.